The molecular weight excluding hydrogens is 380 g/mol. The number of pyridine rings is 1. The maximum atomic E-state index is 13.0. The molecule has 0 saturated heterocycles. The highest BCUT2D eigenvalue weighted by Gasteiger charge is 2.41. The number of benzene rings is 1. The molecule has 2 heterocycles. The van der Waals surface area contributed by atoms with Crippen LogP contribution in [0.4, 0.5) is 0 Å². The molecule has 1 aliphatic rings. The quantitative estimate of drug-likeness (QED) is 0.688. The summed E-state index contributed by atoms with van der Waals surface area (Å²) in [6, 6.07) is 7.70. The Morgan fingerprint density at radius 1 is 1.14 bits per heavy atom. The minimum Gasteiger partial charge on any atom is -0.296 e. The van der Waals surface area contributed by atoms with Crippen LogP contribution in [0, 0.1) is 0 Å². The van der Waals surface area contributed by atoms with Crippen molar-refractivity contribution in [3.63, 3.8) is 0 Å². The van der Waals surface area contributed by atoms with E-state index in [1.165, 1.54) is 22.8 Å². The average molecular weight is 400 g/mol. The monoisotopic (exact) mass is 400 g/mol. The Hall–Kier alpha value is -2.78. The molecule has 0 atom stereocenters. The number of sulfonamides is 1. The number of aryl methyl sites for hydroxylation is 1. The number of hydrogen-bond donors (Lipinski definition) is 1. The number of nitrogens with one attached hydrogen (secondary N) is 1. The molecule has 1 fully saturated rings. The highest BCUT2D eigenvalue weighted by atomic mass is 32.2. The molecular formula is C19H20N4O4S. The van der Waals surface area contributed by atoms with Gasteiger partial charge in [-0.25, -0.2) is 17.9 Å². The Balaban J connectivity index is 1.86. The summed E-state index contributed by atoms with van der Waals surface area (Å²) in [5.41, 5.74) is -0.268. The lowest BCUT2D eigenvalue weighted by molar-refractivity contribution is 0.558. The van der Waals surface area contributed by atoms with Crippen LogP contribution in [0.15, 0.2) is 57.2 Å². The van der Waals surface area contributed by atoms with Crippen molar-refractivity contribution in [1.29, 1.82) is 0 Å². The van der Waals surface area contributed by atoms with Crippen LogP contribution in [0.25, 0.3) is 10.9 Å². The zero-order valence-corrected chi connectivity index (χ0v) is 16.4. The summed E-state index contributed by atoms with van der Waals surface area (Å²) >= 11 is 0. The van der Waals surface area contributed by atoms with Gasteiger partial charge in [-0.3, -0.25) is 18.9 Å². The van der Waals surface area contributed by atoms with Crippen molar-refractivity contribution in [2.45, 2.75) is 36.7 Å². The second-order valence-corrected chi connectivity index (χ2v) is 9.12. The molecule has 1 N–H and O–H groups in total. The maximum Gasteiger partial charge on any atom is 0.331 e. The van der Waals surface area contributed by atoms with Gasteiger partial charge < -0.3 is 0 Å². The zero-order chi connectivity index (χ0) is 20.1. The molecule has 8 nitrogen and oxygen atoms in total. The van der Waals surface area contributed by atoms with Crippen LogP contribution < -0.4 is 16.0 Å². The first-order valence-corrected chi connectivity index (χ1v) is 10.3. The molecule has 0 bridgehead atoms. The van der Waals surface area contributed by atoms with E-state index in [-0.39, 0.29) is 16.8 Å². The van der Waals surface area contributed by atoms with Gasteiger partial charge in [0.2, 0.25) is 10.0 Å². The van der Waals surface area contributed by atoms with E-state index in [0.717, 1.165) is 23.0 Å². The second-order valence-electron chi connectivity index (χ2n) is 7.43. The van der Waals surface area contributed by atoms with Gasteiger partial charge >= 0.3 is 5.69 Å². The molecule has 4 rings (SSSR count). The van der Waals surface area contributed by atoms with E-state index in [1.54, 1.807) is 31.6 Å². The molecule has 0 spiro atoms. The van der Waals surface area contributed by atoms with Crippen LogP contribution >= 0.6 is 0 Å². The van der Waals surface area contributed by atoms with Crippen LogP contribution in [-0.2, 0) is 23.6 Å². The van der Waals surface area contributed by atoms with Crippen LogP contribution in [-0.4, -0.2) is 28.1 Å². The van der Waals surface area contributed by atoms with Crippen LogP contribution in [0.3, 0.4) is 0 Å². The van der Waals surface area contributed by atoms with Gasteiger partial charge in [-0.2, -0.15) is 0 Å². The van der Waals surface area contributed by atoms with Gasteiger partial charge in [-0.05, 0) is 55.7 Å². The number of rotatable bonds is 5. The predicted molar refractivity (Wildman–Crippen MR) is 105 cm³/mol. The van der Waals surface area contributed by atoms with Crippen molar-refractivity contribution in [3.05, 3.63) is 69.1 Å². The summed E-state index contributed by atoms with van der Waals surface area (Å²) in [6.45, 7) is 1.92. The fourth-order valence-electron chi connectivity index (χ4n) is 3.15. The minimum atomic E-state index is -3.75. The minimum absolute atomic E-state index is 0.0133. The largest absolute Gasteiger partial charge is 0.331 e. The highest BCUT2D eigenvalue weighted by Crippen LogP contribution is 2.36. The van der Waals surface area contributed by atoms with Gasteiger partial charge in [0.05, 0.1) is 22.3 Å². The van der Waals surface area contributed by atoms with E-state index >= 15 is 0 Å². The third kappa shape index (κ3) is 3.27. The molecule has 9 heteroatoms. The van der Waals surface area contributed by atoms with E-state index < -0.39 is 26.8 Å². The van der Waals surface area contributed by atoms with E-state index in [0.29, 0.717) is 5.52 Å². The summed E-state index contributed by atoms with van der Waals surface area (Å²) < 4.78 is 30.5. The third-order valence-electron chi connectivity index (χ3n) is 5.10. The Morgan fingerprint density at radius 3 is 2.46 bits per heavy atom. The predicted octanol–water partition coefficient (Wildman–Crippen LogP) is 0.974. The highest BCUT2D eigenvalue weighted by molar-refractivity contribution is 7.89. The van der Waals surface area contributed by atoms with Crippen molar-refractivity contribution in [2.75, 3.05) is 0 Å². The Kier molecular flexibility index (Phi) is 4.24. The van der Waals surface area contributed by atoms with Crippen molar-refractivity contribution in [3.8, 4) is 0 Å². The fraction of sp³-hybridized carbons (Fsp3) is 0.316. The van der Waals surface area contributed by atoms with Gasteiger partial charge in [-0.15, -0.1) is 0 Å². The molecule has 0 unspecified atom stereocenters. The van der Waals surface area contributed by atoms with Gasteiger partial charge in [0.15, 0.2) is 0 Å². The second kappa shape index (κ2) is 6.39. The molecule has 1 aromatic carbocycles. The van der Waals surface area contributed by atoms with E-state index in [1.807, 2.05) is 6.92 Å². The van der Waals surface area contributed by atoms with Crippen molar-refractivity contribution >= 4 is 20.9 Å². The molecule has 0 radical (unpaired) electrons. The zero-order valence-electron chi connectivity index (χ0n) is 15.5. The first-order chi connectivity index (χ1) is 13.2. The number of aromatic nitrogens is 3. The standard InChI is InChI=1S/C19H20N4O4S/c1-19(7-8-19)21-28(26,27)14-3-4-16-15(11-14)17(24)23(18(25)22(16)2)12-13-5-9-20-10-6-13/h3-6,9-11,21H,7-8,12H2,1-2H3. The van der Waals surface area contributed by atoms with Crippen molar-refractivity contribution < 1.29 is 8.42 Å². The summed E-state index contributed by atoms with van der Waals surface area (Å²) in [6.07, 6.45) is 4.74. The summed E-state index contributed by atoms with van der Waals surface area (Å²) in [4.78, 5) is 29.6. The van der Waals surface area contributed by atoms with Gasteiger partial charge in [-0.1, -0.05) is 0 Å². The molecule has 1 saturated carbocycles. The summed E-state index contributed by atoms with van der Waals surface area (Å²) in [5.74, 6) is 0. The molecule has 146 valence electrons. The lowest BCUT2D eigenvalue weighted by Crippen LogP contribution is -2.39. The number of hydrogen-bond acceptors (Lipinski definition) is 5. The average Bonchev–Trinajstić information content (AvgIpc) is 3.39. The SMILES string of the molecule is Cn1c(=O)n(Cc2ccncc2)c(=O)c2cc(S(=O)(=O)NC3(C)CC3)ccc21. The van der Waals surface area contributed by atoms with Crippen LogP contribution in [0.5, 0.6) is 0 Å². The lowest BCUT2D eigenvalue weighted by Gasteiger charge is -2.14. The Morgan fingerprint density at radius 2 is 1.82 bits per heavy atom. The maximum absolute atomic E-state index is 13.0. The Labute approximate surface area is 161 Å². The van der Waals surface area contributed by atoms with Gasteiger partial charge in [0.25, 0.3) is 5.56 Å². The first kappa shape index (κ1) is 18.6. The topological polar surface area (TPSA) is 103 Å². The summed E-state index contributed by atoms with van der Waals surface area (Å²) in [7, 11) is -2.19. The van der Waals surface area contributed by atoms with E-state index in [4.69, 9.17) is 0 Å². The molecule has 1 aliphatic carbocycles. The van der Waals surface area contributed by atoms with E-state index in [9.17, 15) is 18.0 Å². The molecule has 3 aromatic rings. The van der Waals surface area contributed by atoms with Crippen molar-refractivity contribution in [2.24, 2.45) is 7.05 Å². The van der Waals surface area contributed by atoms with E-state index in [2.05, 4.69) is 9.71 Å². The number of fused-ring (bicyclic) bond motifs is 1. The summed E-state index contributed by atoms with van der Waals surface area (Å²) in [5, 5.41) is 0.181. The lowest BCUT2D eigenvalue weighted by atomic mass is 10.2. The van der Waals surface area contributed by atoms with Crippen molar-refractivity contribution in [1.82, 2.24) is 18.8 Å². The smallest absolute Gasteiger partial charge is 0.296 e. The molecule has 28 heavy (non-hydrogen) atoms. The number of nitrogens with zero attached hydrogens (tertiary/aromatic N) is 3. The molecule has 2 aromatic heterocycles. The fourth-order valence-corrected chi connectivity index (χ4v) is 4.64. The van der Waals surface area contributed by atoms with Gasteiger partial charge in [0, 0.05) is 25.0 Å². The first-order valence-electron chi connectivity index (χ1n) is 8.87. The van der Waals surface area contributed by atoms with Gasteiger partial charge in [0.1, 0.15) is 0 Å². The van der Waals surface area contributed by atoms with Crippen LogP contribution in [0.2, 0.25) is 0 Å². The van der Waals surface area contributed by atoms with Crippen LogP contribution in [0.1, 0.15) is 25.3 Å². The molecule has 0 amide bonds. The molecule has 0 aliphatic heterocycles. The Bertz CT molecular complexity index is 1290. The third-order valence-corrected chi connectivity index (χ3v) is 6.74. The normalized spacial score (nSPS) is 15.6.